The molecule has 0 aliphatic heterocycles. The first-order chi connectivity index (χ1) is 9.90. The van der Waals surface area contributed by atoms with Gasteiger partial charge in [0.25, 0.3) is 0 Å². The van der Waals surface area contributed by atoms with E-state index in [2.05, 4.69) is 104 Å². The standard InChI is InChI=1S/C19H24BrN/c1-14(2)18(15-8-6-5-7-9-15)21-19(3,4)16-10-12-17(20)13-11-16/h5-14,18,21H,1-4H3. The van der Waals surface area contributed by atoms with Gasteiger partial charge in [-0.05, 0) is 43.0 Å². The quantitative estimate of drug-likeness (QED) is 0.735. The van der Waals surface area contributed by atoms with Crippen LogP contribution in [0, 0.1) is 5.92 Å². The average Bonchev–Trinajstić information content (AvgIpc) is 2.46. The minimum atomic E-state index is -0.0779. The second-order valence-electron chi connectivity index (χ2n) is 6.41. The first-order valence-electron chi connectivity index (χ1n) is 7.49. The largest absolute Gasteiger partial charge is 0.301 e. The van der Waals surface area contributed by atoms with Gasteiger partial charge >= 0.3 is 0 Å². The number of hydrogen-bond donors (Lipinski definition) is 1. The molecular formula is C19H24BrN. The Morgan fingerprint density at radius 2 is 1.48 bits per heavy atom. The van der Waals surface area contributed by atoms with Crippen molar-refractivity contribution >= 4 is 15.9 Å². The van der Waals surface area contributed by atoms with Crippen molar-refractivity contribution in [2.45, 2.75) is 39.3 Å². The molecule has 0 saturated heterocycles. The molecule has 0 fully saturated rings. The van der Waals surface area contributed by atoms with Gasteiger partial charge < -0.3 is 5.32 Å². The molecule has 21 heavy (non-hydrogen) atoms. The summed E-state index contributed by atoms with van der Waals surface area (Å²) in [5, 5.41) is 3.83. The van der Waals surface area contributed by atoms with Crippen LogP contribution in [-0.4, -0.2) is 0 Å². The fourth-order valence-corrected chi connectivity index (χ4v) is 2.90. The second-order valence-corrected chi connectivity index (χ2v) is 7.32. The summed E-state index contributed by atoms with van der Waals surface area (Å²) in [6, 6.07) is 19.6. The maximum Gasteiger partial charge on any atom is 0.0382 e. The van der Waals surface area contributed by atoms with E-state index in [4.69, 9.17) is 0 Å². The van der Waals surface area contributed by atoms with E-state index in [1.165, 1.54) is 11.1 Å². The van der Waals surface area contributed by atoms with Crippen LogP contribution in [-0.2, 0) is 5.54 Å². The maximum atomic E-state index is 3.83. The molecule has 112 valence electrons. The lowest BCUT2D eigenvalue weighted by molar-refractivity contribution is 0.293. The minimum Gasteiger partial charge on any atom is -0.301 e. The van der Waals surface area contributed by atoms with Gasteiger partial charge in [-0.2, -0.15) is 0 Å². The minimum absolute atomic E-state index is 0.0779. The highest BCUT2D eigenvalue weighted by molar-refractivity contribution is 9.10. The zero-order valence-corrected chi connectivity index (χ0v) is 14.8. The van der Waals surface area contributed by atoms with Crippen LogP contribution < -0.4 is 5.32 Å². The van der Waals surface area contributed by atoms with Crippen LogP contribution >= 0.6 is 15.9 Å². The molecule has 0 bridgehead atoms. The van der Waals surface area contributed by atoms with E-state index in [1.54, 1.807) is 0 Å². The summed E-state index contributed by atoms with van der Waals surface area (Å²) in [6.07, 6.45) is 0. The molecular weight excluding hydrogens is 322 g/mol. The highest BCUT2D eigenvalue weighted by atomic mass is 79.9. The average molecular weight is 346 g/mol. The fourth-order valence-electron chi connectivity index (χ4n) is 2.63. The molecule has 1 N–H and O–H groups in total. The van der Waals surface area contributed by atoms with Crippen LogP contribution in [0.15, 0.2) is 59.1 Å². The van der Waals surface area contributed by atoms with Gasteiger partial charge in [0, 0.05) is 16.1 Å². The van der Waals surface area contributed by atoms with E-state index in [0.717, 1.165) is 4.47 Å². The van der Waals surface area contributed by atoms with E-state index in [0.29, 0.717) is 12.0 Å². The van der Waals surface area contributed by atoms with Gasteiger partial charge in [0.1, 0.15) is 0 Å². The molecule has 2 aromatic carbocycles. The summed E-state index contributed by atoms with van der Waals surface area (Å²) >= 11 is 3.50. The Balaban J connectivity index is 2.25. The van der Waals surface area contributed by atoms with Crippen LogP contribution in [0.2, 0.25) is 0 Å². The van der Waals surface area contributed by atoms with E-state index < -0.39 is 0 Å². The first-order valence-corrected chi connectivity index (χ1v) is 8.28. The molecule has 0 radical (unpaired) electrons. The summed E-state index contributed by atoms with van der Waals surface area (Å²) in [5.41, 5.74) is 2.57. The summed E-state index contributed by atoms with van der Waals surface area (Å²) in [7, 11) is 0. The summed E-state index contributed by atoms with van der Waals surface area (Å²) < 4.78 is 1.12. The van der Waals surface area contributed by atoms with E-state index >= 15 is 0 Å². The topological polar surface area (TPSA) is 12.0 Å². The Morgan fingerprint density at radius 1 is 0.905 bits per heavy atom. The first kappa shape index (κ1) is 16.3. The molecule has 1 unspecified atom stereocenters. The molecule has 0 spiro atoms. The SMILES string of the molecule is CC(C)C(NC(C)(C)c1ccc(Br)cc1)c1ccccc1. The summed E-state index contributed by atoms with van der Waals surface area (Å²) in [6.45, 7) is 9.02. The van der Waals surface area contributed by atoms with Gasteiger partial charge in [0.2, 0.25) is 0 Å². The van der Waals surface area contributed by atoms with Crippen molar-refractivity contribution in [3.8, 4) is 0 Å². The Kier molecular flexibility index (Phi) is 5.23. The molecule has 0 saturated carbocycles. The molecule has 0 heterocycles. The van der Waals surface area contributed by atoms with Gasteiger partial charge in [-0.15, -0.1) is 0 Å². The van der Waals surface area contributed by atoms with Crippen LogP contribution in [0.5, 0.6) is 0 Å². The van der Waals surface area contributed by atoms with Gasteiger partial charge in [-0.3, -0.25) is 0 Å². The number of benzene rings is 2. The third-order valence-corrected chi connectivity index (χ3v) is 4.44. The zero-order valence-electron chi connectivity index (χ0n) is 13.2. The van der Waals surface area contributed by atoms with Gasteiger partial charge in [0.15, 0.2) is 0 Å². The molecule has 2 aromatic rings. The van der Waals surface area contributed by atoms with Gasteiger partial charge in [-0.1, -0.05) is 72.2 Å². The highest BCUT2D eigenvalue weighted by Crippen LogP contribution is 2.29. The van der Waals surface area contributed by atoms with Crippen LogP contribution in [0.4, 0.5) is 0 Å². The fraction of sp³-hybridized carbons (Fsp3) is 0.368. The monoisotopic (exact) mass is 345 g/mol. The predicted octanol–water partition coefficient (Wildman–Crippen LogP) is 5.67. The van der Waals surface area contributed by atoms with Crippen molar-refractivity contribution in [1.29, 1.82) is 0 Å². The molecule has 0 aliphatic carbocycles. The summed E-state index contributed by atoms with van der Waals surface area (Å²) in [5.74, 6) is 0.530. The predicted molar refractivity (Wildman–Crippen MR) is 94.3 cm³/mol. The van der Waals surface area contributed by atoms with Crippen LogP contribution in [0.25, 0.3) is 0 Å². The number of nitrogens with one attached hydrogen (secondary N) is 1. The van der Waals surface area contributed by atoms with Crippen LogP contribution in [0.3, 0.4) is 0 Å². The lowest BCUT2D eigenvalue weighted by Gasteiger charge is -2.35. The van der Waals surface area contributed by atoms with E-state index in [1.807, 2.05) is 0 Å². The zero-order chi connectivity index (χ0) is 15.5. The second kappa shape index (κ2) is 6.76. The van der Waals surface area contributed by atoms with Gasteiger partial charge in [-0.25, -0.2) is 0 Å². The van der Waals surface area contributed by atoms with Crippen molar-refractivity contribution in [1.82, 2.24) is 5.32 Å². The van der Waals surface area contributed by atoms with Crippen molar-refractivity contribution in [3.63, 3.8) is 0 Å². The molecule has 0 amide bonds. The smallest absolute Gasteiger partial charge is 0.0382 e. The Labute approximate surface area is 136 Å². The van der Waals surface area contributed by atoms with Crippen molar-refractivity contribution in [2.24, 2.45) is 5.92 Å². The Bertz CT molecular complexity index is 558. The summed E-state index contributed by atoms with van der Waals surface area (Å²) in [4.78, 5) is 0. The van der Waals surface area contributed by atoms with Gasteiger partial charge in [0.05, 0.1) is 0 Å². The lowest BCUT2D eigenvalue weighted by Crippen LogP contribution is -2.41. The van der Waals surface area contributed by atoms with Crippen molar-refractivity contribution in [2.75, 3.05) is 0 Å². The van der Waals surface area contributed by atoms with Crippen molar-refractivity contribution in [3.05, 3.63) is 70.2 Å². The van der Waals surface area contributed by atoms with Crippen LogP contribution in [0.1, 0.15) is 44.9 Å². The number of rotatable bonds is 5. The number of halogens is 1. The Morgan fingerprint density at radius 3 is 2.00 bits per heavy atom. The third kappa shape index (κ3) is 4.18. The van der Waals surface area contributed by atoms with Crippen molar-refractivity contribution < 1.29 is 0 Å². The molecule has 0 aromatic heterocycles. The molecule has 1 atom stereocenters. The Hall–Kier alpha value is -1.12. The number of hydrogen-bond acceptors (Lipinski definition) is 1. The highest BCUT2D eigenvalue weighted by Gasteiger charge is 2.26. The lowest BCUT2D eigenvalue weighted by atomic mass is 9.88. The molecule has 1 nitrogen and oxygen atoms in total. The normalized spacial score (nSPS) is 13.4. The third-order valence-electron chi connectivity index (χ3n) is 3.91. The maximum absolute atomic E-state index is 3.83. The molecule has 2 rings (SSSR count). The molecule has 2 heteroatoms. The van der Waals surface area contributed by atoms with E-state index in [-0.39, 0.29) is 5.54 Å². The van der Waals surface area contributed by atoms with E-state index in [9.17, 15) is 0 Å². The molecule has 0 aliphatic rings.